The maximum atomic E-state index is 14.9. The molecule has 1 N–H and O–H groups in total. The summed E-state index contributed by atoms with van der Waals surface area (Å²) < 4.78 is 32.1. The average Bonchev–Trinajstić information content (AvgIpc) is 3.66. The summed E-state index contributed by atoms with van der Waals surface area (Å²) in [5.74, 6) is -1.20. The van der Waals surface area contributed by atoms with Gasteiger partial charge in [0.25, 0.3) is 5.91 Å². The molecule has 1 aromatic carbocycles. The smallest absolute Gasteiger partial charge is 0.325 e. The minimum Gasteiger partial charge on any atom is -0.468 e. The Morgan fingerprint density at radius 3 is 1.78 bits per heavy atom. The fraction of sp³-hybridized carbons (Fsp3) is 0.816. The quantitative estimate of drug-likeness (QED) is 0.161. The van der Waals surface area contributed by atoms with Crippen LogP contribution in [0, 0.1) is 47.3 Å². The number of methoxy groups -OCH3 is 1. The van der Waals surface area contributed by atoms with Crippen molar-refractivity contribution in [2.24, 2.45) is 47.3 Å². The van der Waals surface area contributed by atoms with Gasteiger partial charge in [-0.25, -0.2) is 19.6 Å². The van der Waals surface area contributed by atoms with Gasteiger partial charge in [0.05, 0.1) is 19.3 Å². The number of ether oxygens (including phenoxy) is 5. The number of carbonyl (C=O) groups excluding carboxylic acids is 3. The summed E-state index contributed by atoms with van der Waals surface area (Å²) in [7, 11) is 5.19. The van der Waals surface area contributed by atoms with Crippen molar-refractivity contribution in [2.45, 2.75) is 172 Å². The van der Waals surface area contributed by atoms with Crippen LogP contribution in [0.4, 0.5) is 5.69 Å². The van der Waals surface area contributed by atoms with Crippen molar-refractivity contribution >= 4 is 23.5 Å². The van der Waals surface area contributed by atoms with Crippen molar-refractivity contribution in [1.29, 1.82) is 0 Å². The van der Waals surface area contributed by atoms with Gasteiger partial charge >= 0.3 is 5.97 Å². The summed E-state index contributed by atoms with van der Waals surface area (Å²) in [5.41, 5.74) is 0.0392. The van der Waals surface area contributed by atoms with Crippen LogP contribution in [0.1, 0.15) is 129 Å². The molecule has 15 heteroatoms. The molecule has 2 saturated carbocycles. The molecule has 2 spiro atoms. The third-order valence-electron chi connectivity index (χ3n) is 17.4. The molecule has 5 unspecified atom stereocenters. The molecule has 17 atom stereocenters. The van der Waals surface area contributed by atoms with Crippen LogP contribution in [0.3, 0.4) is 0 Å². The monoisotopic (exact) mass is 896 g/mol. The summed E-state index contributed by atoms with van der Waals surface area (Å²) in [5, 5.41) is 2.81. The van der Waals surface area contributed by atoms with Crippen molar-refractivity contribution in [3.05, 3.63) is 29.8 Å². The van der Waals surface area contributed by atoms with E-state index < -0.39 is 53.3 Å². The Morgan fingerprint density at radius 1 is 0.734 bits per heavy atom. The first-order valence-corrected chi connectivity index (χ1v) is 24.4. The van der Waals surface area contributed by atoms with Gasteiger partial charge in [-0.15, -0.1) is 0 Å². The minimum absolute atomic E-state index is 0.0520. The Bertz CT molecular complexity index is 1890. The van der Waals surface area contributed by atoms with Crippen LogP contribution in [0.5, 0.6) is 0 Å². The third-order valence-corrected chi connectivity index (χ3v) is 17.4. The van der Waals surface area contributed by atoms with E-state index in [1.165, 1.54) is 7.11 Å². The molecule has 356 valence electrons. The normalized spacial score (nSPS) is 43.5. The van der Waals surface area contributed by atoms with Crippen LogP contribution in [-0.4, -0.2) is 111 Å². The van der Waals surface area contributed by atoms with Gasteiger partial charge in [0.15, 0.2) is 23.8 Å². The van der Waals surface area contributed by atoms with Gasteiger partial charge in [-0.05, 0) is 138 Å². The lowest BCUT2D eigenvalue weighted by Gasteiger charge is -2.60. The summed E-state index contributed by atoms with van der Waals surface area (Å²) in [4.78, 5) is 70.5. The van der Waals surface area contributed by atoms with E-state index in [-0.39, 0.29) is 73.1 Å². The molecule has 8 heterocycles. The highest BCUT2D eigenvalue weighted by atomic mass is 17.3. The number of amides is 2. The molecule has 0 radical (unpaired) electrons. The summed E-state index contributed by atoms with van der Waals surface area (Å²) >= 11 is 0. The van der Waals surface area contributed by atoms with E-state index >= 15 is 0 Å². The number of hydrogen-bond donors (Lipinski definition) is 1. The number of hydrogen-bond acceptors (Lipinski definition) is 13. The van der Waals surface area contributed by atoms with Gasteiger partial charge < -0.3 is 38.8 Å². The largest absolute Gasteiger partial charge is 0.468 e. The Morgan fingerprint density at radius 2 is 1.27 bits per heavy atom. The van der Waals surface area contributed by atoms with E-state index in [1.807, 2.05) is 57.1 Å². The van der Waals surface area contributed by atoms with Crippen LogP contribution >= 0.6 is 0 Å². The van der Waals surface area contributed by atoms with Crippen molar-refractivity contribution < 1.29 is 57.6 Å². The molecular weight excluding hydrogens is 823 g/mol. The maximum absolute atomic E-state index is 14.9. The lowest BCUT2D eigenvalue weighted by atomic mass is 9.57. The minimum atomic E-state index is -0.930. The number of esters is 1. The van der Waals surface area contributed by atoms with Crippen molar-refractivity contribution in [2.75, 3.05) is 39.2 Å². The third kappa shape index (κ3) is 7.88. The van der Waals surface area contributed by atoms with Crippen LogP contribution in [0.2, 0.25) is 0 Å². The first-order valence-electron chi connectivity index (χ1n) is 24.4. The fourth-order valence-electron chi connectivity index (χ4n) is 13.6. The SMILES string of the molecule is COC(=O)CNC(=O)C(CC[C@H]1O[C@@H]2O[C@]3(C)CCC4[C@H](C)CCC([C@H]1C)[C@]42OO3)N(CCC[C@H]1O[C@@H]2O[C@]3(C)CCC4[C@H](C)CCC([C@H]1C)[C@]42OO3)C(=O)c1ccc(N(C)C)cc1. The molecular formula is C49H73N3O12. The molecule has 2 amide bonds. The lowest BCUT2D eigenvalue weighted by Crippen LogP contribution is -2.70. The highest BCUT2D eigenvalue weighted by Crippen LogP contribution is 2.62. The topological polar surface area (TPSA) is 153 Å². The fourth-order valence-corrected chi connectivity index (χ4v) is 13.6. The van der Waals surface area contributed by atoms with Crippen LogP contribution in [0.15, 0.2) is 24.3 Å². The van der Waals surface area contributed by atoms with Crippen LogP contribution in [-0.2, 0) is 52.8 Å². The molecule has 8 saturated heterocycles. The lowest BCUT2D eigenvalue weighted by molar-refractivity contribution is -0.571. The van der Waals surface area contributed by atoms with E-state index in [4.69, 9.17) is 43.2 Å². The van der Waals surface area contributed by atoms with E-state index in [1.54, 1.807) is 4.90 Å². The molecule has 10 fully saturated rings. The highest BCUT2D eigenvalue weighted by molar-refractivity contribution is 5.98. The second kappa shape index (κ2) is 17.6. The predicted molar refractivity (Wildman–Crippen MR) is 233 cm³/mol. The number of nitrogens with one attached hydrogen (secondary N) is 1. The molecule has 11 rings (SSSR count). The molecule has 8 aliphatic heterocycles. The van der Waals surface area contributed by atoms with Crippen LogP contribution < -0.4 is 10.2 Å². The number of nitrogens with zero attached hydrogens (tertiary/aromatic N) is 2. The van der Waals surface area contributed by atoms with Crippen molar-refractivity contribution in [3.8, 4) is 0 Å². The average molecular weight is 896 g/mol. The number of fused-ring (bicyclic) bond motifs is 4. The Labute approximate surface area is 379 Å². The standard InChI is InChI=1S/C49H73N3O12/c1-28-12-18-36-30(3)39(57-44-48(36)34(28)22-24-46(5,59-44)61-63-48)11-10-26-52(43(55)32-14-16-33(17-15-32)51(7)8)38(42(54)50-27-41(53)56-9)20-21-40-31(4)37-19-13-29(2)35-23-25-47(6)60-45(58-40)49(35,37)64-62-47/h14-17,28-31,34-40,44-45H,10-13,18-27H2,1-9H3,(H,50,54)/t28-,29-,30-,31-,34?,35?,36?,37?,38?,39-,40-,44-,45-,46+,47+,48-,49-/m1/s1. The van der Waals surface area contributed by atoms with Crippen molar-refractivity contribution in [1.82, 2.24) is 10.2 Å². The zero-order valence-electron chi connectivity index (χ0n) is 39.5. The number of rotatable bonds is 13. The molecule has 4 bridgehead atoms. The van der Waals surface area contributed by atoms with Gasteiger partial charge in [-0.2, -0.15) is 0 Å². The molecule has 1 aromatic rings. The molecule has 2 aliphatic carbocycles. The van der Waals surface area contributed by atoms with Crippen molar-refractivity contribution in [3.63, 3.8) is 0 Å². The van der Waals surface area contributed by atoms with E-state index in [0.29, 0.717) is 43.1 Å². The van der Waals surface area contributed by atoms with E-state index in [0.717, 1.165) is 50.6 Å². The predicted octanol–water partition coefficient (Wildman–Crippen LogP) is 6.91. The molecule has 64 heavy (non-hydrogen) atoms. The number of benzene rings is 1. The summed E-state index contributed by atoms with van der Waals surface area (Å²) in [6, 6.07) is 6.52. The summed E-state index contributed by atoms with van der Waals surface area (Å²) in [6.07, 6.45) is 7.76. The zero-order valence-corrected chi connectivity index (χ0v) is 39.5. The van der Waals surface area contributed by atoms with E-state index in [9.17, 15) is 14.4 Å². The Hall–Kier alpha value is -2.89. The Balaban J connectivity index is 0.980. The number of anilines is 1. The van der Waals surface area contributed by atoms with Gasteiger partial charge in [0.1, 0.15) is 12.6 Å². The van der Waals surface area contributed by atoms with Gasteiger partial charge in [-0.1, -0.05) is 27.7 Å². The number of carbonyl (C=O) groups is 3. The first-order chi connectivity index (χ1) is 30.5. The summed E-state index contributed by atoms with van der Waals surface area (Å²) in [6.45, 7) is 12.9. The molecule has 15 nitrogen and oxygen atoms in total. The zero-order chi connectivity index (χ0) is 45.3. The van der Waals surface area contributed by atoms with E-state index in [2.05, 4.69) is 33.0 Å². The van der Waals surface area contributed by atoms with Gasteiger partial charge in [0.2, 0.25) is 17.5 Å². The first kappa shape index (κ1) is 46.2. The van der Waals surface area contributed by atoms with Crippen LogP contribution in [0.25, 0.3) is 0 Å². The van der Waals surface area contributed by atoms with Gasteiger partial charge in [0, 0.05) is 56.6 Å². The molecule has 10 aliphatic rings. The van der Waals surface area contributed by atoms with Gasteiger partial charge in [-0.3, -0.25) is 14.4 Å². The maximum Gasteiger partial charge on any atom is 0.325 e. The second-order valence-corrected chi connectivity index (χ2v) is 21.4. The molecule has 0 aromatic heterocycles. The highest BCUT2D eigenvalue weighted by Gasteiger charge is 2.70. The Kier molecular flexibility index (Phi) is 12.7. The second-order valence-electron chi connectivity index (χ2n) is 21.4.